The van der Waals surface area contributed by atoms with Gasteiger partial charge in [-0.2, -0.15) is 75.1 Å². The summed E-state index contributed by atoms with van der Waals surface area (Å²) in [5.74, 6) is -0.616. The van der Waals surface area contributed by atoms with Gasteiger partial charge in [-0.15, -0.1) is 0 Å². The maximum atomic E-state index is 11.3. The van der Waals surface area contributed by atoms with E-state index in [1.807, 2.05) is 0 Å². The molecule has 15 heteroatoms. The summed E-state index contributed by atoms with van der Waals surface area (Å²) in [5.41, 5.74) is 0.903. The molecule has 4 aromatic heterocycles. The number of nitrogens with zero attached hydrogens (tertiary/aromatic N) is 8. The molecule has 4 rings (SSSR count). The fourth-order valence-electron chi connectivity index (χ4n) is 1.51. The van der Waals surface area contributed by atoms with Crippen LogP contribution in [0.4, 0.5) is 0 Å². The highest BCUT2D eigenvalue weighted by Gasteiger charge is 2.14. The first-order chi connectivity index (χ1) is 11.8. The number of carbonyl (C=O) groups excluding carboxylic acids is 2. The lowest BCUT2D eigenvalue weighted by molar-refractivity contribution is 0.102. The van der Waals surface area contributed by atoms with Gasteiger partial charge in [0.25, 0.3) is 0 Å². The van der Waals surface area contributed by atoms with Crippen LogP contribution in [0, 0.1) is 0 Å². The molecule has 128 valence electrons. The lowest BCUT2D eigenvalue weighted by Crippen LogP contribution is -2.02. The topological polar surface area (TPSA) is 200 Å². The number of nitrogens with one attached hydrogen (secondary N) is 4. The van der Waals surface area contributed by atoms with Gasteiger partial charge >= 0.3 is 0 Å². The van der Waals surface area contributed by atoms with Gasteiger partial charge in [0.2, 0.25) is 11.6 Å². The van der Waals surface area contributed by atoms with E-state index in [2.05, 4.69) is 61.6 Å². The van der Waals surface area contributed by atoms with Crippen molar-refractivity contribution in [2.45, 2.75) is 0 Å². The van der Waals surface area contributed by atoms with E-state index in [9.17, 15) is 9.59 Å². The largest absolute Gasteiger partial charge is 0.285 e. The second kappa shape index (κ2) is 8.20. The molecule has 0 aromatic carbocycles. The highest BCUT2D eigenvalue weighted by Crippen LogP contribution is 2.00. The first kappa shape index (κ1) is 17.6. The van der Waals surface area contributed by atoms with Crippen LogP contribution in [0.25, 0.3) is 0 Å². The van der Waals surface area contributed by atoms with Crippen LogP contribution in [0.2, 0.25) is 0 Å². The SMILES string of the molecule is O=C(c1cn[nH]n1)c1cn[nH]n1.O=C(c1cn[nH]n1)c1cn[nH]n1.S. The summed E-state index contributed by atoms with van der Waals surface area (Å²) >= 11 is 0. The molecule has 0 bridgehead atoms. The monoisotopic (exact) mass is 362 g/mol. The van der Waals surface area contributed by atoms with E-state index < -0.39 is 0 Å². The third-order valence-electron chi connectivity index (χ3n) is 2.59. The molecule has 0 fully saturated rings. The number of H-pyrrole nitrogens is 4. The second-order valence-electron chi connectivity index (χ2n) is 4.08. The van der Waals surface area contributed by atoms with Crippen LogP contribution in [-0.2, 0) is 0 Å². The second-order valence-corrected chi connectivity index (χ2v) is 4.08. The molecule has 0 atom stereocenters. The normalized spacial score (nSPS) is 9.60. The fraction of sp³-hybridized carbons (Fsp3) is 0. The minimum atomic E-state index is -0.308. The number of rotatable bonds is 4. The van der Waals surface area contributed by atoms with Crippen molar-refractivity contribution in [1.29, 1.82) is 0 Å². The Morgan fingerprint density at radius 3 is 0.960 bits per heavy atom. The summed E-state index contributed by atoms with van der Waals surface area (Å²) < 4.78 is 0. The van der Waals surface area contributed by atoms with Crippen molar-refractivity contribution in [3.63, 3.8) is 0 Å². The smallest absolute Gasteiger partial charge is 0.236 e. The number of hydrogen-bond donors (Lipinski definition) is 4. The summed E-state index contributed by atoms with van der Waals surface area (Å²) in [5, 5.41) is 37.7. The average Bonchev–Trinajstić information content (AvgIpc) is 3.43. The van der Waals surface area contributed by atoms with Crippen LogP contribution in [0.3, 0.4) is 0 Å². The average molecular weight is 362 g/mol. The number of aromatic nitrogens is 12. The molecule has 0 spiro atoms. The van der Waals surface area contributed by atoms with Gasteiger partial charge in [0.05, 0.1) is 24.8 Å². The Bertz CT molecular complexity index is 735. The number of ketones is 2. The molecule has 0 unspecified atom stereocenters. The molecule has 0 aliphatic carbocycles. The van der Waals surface area contributed by atoms with Gasteiger partial charge in [-0.3, -0.25) is 9.59 Å². The molecule has 0 aliphatic rings. The standard InChI is InChI=1S/2C5H4N6O.H2S/c2*12-5(3-1-6-10-8-3)4-2-7-11-9-4;/h2*1-2H,(H,6,8,10)(H,7,9,11);1H2. The third kappa shape index (κ3) is 4.16. The Morgan fingerprint density at radius 2 is 0.800 bits per heavy atom. The minimum absolute atomic E-state index is 0. The van der Waals surface area contributed by atoms with Crippen LogP contribution in [0.15, 0.2) is 24.8 Å². The van der Waals surface area contributed by atoms with E-state index in [0.717, 1.165) is 0 Å². The highest BCUT2D eigenvalue weighted by atomic mass is 32.1. The van der Waals surface area contributed by atoms with E-state index in [-0.39, 0.29) is 47.8 Å². The molecule has 14 nitrogen and oxygen atoms in total. The van der Waals surface area contributed by atoms with Crippen LogP contribution >= 0.6 is 13.5 Å². The third-order valence-corrected chi connectivity index (χ3v) is 2.59. The van der Waals surface area contributed by atoms with Gasteiger partial charge in [0.15, 0.2) is 22.8 Å². The number of hydrogen-bond acceptors (Lipinski definition) is 10. The summed E-state index contributed by atoms with van der Waals surface area (Å²) in [4.78, 5) is 22.6. The Kier molecular flexibility index (Phi) is 5.77. The Balaban J connectivity index is 0.000000173. The van der Waals surface area contributed by atoms with E-state index in [1.165, 1.54) is 24.8 Å². The summed E-state index contributed by atoms with van der Waals surface area (Å²) in [6, 6.07) is 0. The first-order valence-corrected chi connectivity index (χ1v) is 6.28. The number of aromatic amines is 4. The van der Waals surface area contributed by atoms with Crippen LogP contribution < -0.4 is 0 Å². The Labute approximate surface area is 144 Å². The molecule has 0 radical (unpaired) electrons. The van der Waals surface area contributed by atoms with Gasteiger partial charge in [0, 0.05) is 0 Å². The van der Waals surface area contributed by atoms with Gasteiger partial charge < -0.3 is 0 Å². The summed E-state index contributed by atoms with van der Waals surface area (Å²) in [7, 11) is 0. The molecule has 4 N–H and O–H groups in total. The van der Waals surface area contributed by atoms with Crippen LogP contribution in [-0.4, -0.2) is 73.2 Å². The van der Waals surface area contributed by atoms with Crippen LogP contribution in [0.5, 0.6) is 0 Å². The zero-order valence-corrected chi connectivity index (χ0v) is 13.2. The van der Waals surface area contributed by atoms with E-state index in [0.29, 0.717) is 0 Å². The van der Waals surface area contributed by atoms with Gasteiger partial charge in [-0.1, -0.05) is 0 Å². The molecule has 4 heterocycles. The van der Waals surface area contributed by atoms with Gasteiger partial charge in [-0.05, 0) is 0 Å². The lowest BCUT2D eigenvalue weighted by Gasteiger charge is -1.85. The molecule has 0 amide bonds. The number of carbonyl (C=O) groups is 2. The molecule has 0 aliphatic heterocycles. The highest BCUT2D eigenvalue weighted by molar-refractivity contribution is 7.59. The molecule has 0 saturated carbocycles. The molecular weight excluding hydrogens is 352 g/mol. The maximum absolute atomic E-state index is 11.3. The zero-order chi connectivity index (χ0) is 16.8. The van der Waals surface area contributed by atoms with Crippen molar-refractivity contribution in [3.05, 3.63) is 47.6 Å². The van der Waals surface area contributed by atoms with E-state index in [1.54, 1.807) is 0 Å². The van der Waals surface area contributed by atoms with Crippen molar-refractivity contribution >= 4 is 25.1 Å². The quantitative estimate of drug-likeness (QED) is 0.307. The predicted octanol–water partition coefficient (Wildman–Crippen LogP) is -1.58. The van der Waals surface area contributed by atoms with Crippen molar-refractivity contribution in [1.82, 2.24) is 61.6 Å². The molecular formula is C10H10N12O2S. The van der Waals surface area contributed by atoms with E-state index >= 15 is 0 Å². The molecule has 4 aromatic rings. The Morgan fingerprint density at radius 1 is 0.560 bits per heavy atom. The van der Waals surface area contributed by atoms with Crippen molar-refractivity contribution in [2.75, 3.05) is 0 Å². The minimum Gasteiger partial charge on any atom is -0.285 e. The summed E-state index contributed by atoms with van der Waals surface area (Å²) in [6.07, 6.45) is 5.32. The van der Waals surface area contributed by atoms with Crippen LogP contribution in [0.1, 0.15) is 32.4 Å². The summed E-state index contributed by atoms with van der Waals surface area (Å²) in [6.45, 7) is 0. The van der Waals surface area contributed by atoms with E-state index in [4.69, 9.17) is 0 Å². The molecule has 25 heavy (non-hydrogen) atoms. The maximum Gasteiger partial charge on any atom is 0.236 e. The zero-order valence-electron chi connectivity index (χ0n) is 12.2. The van der Waals surface area contributed by atoms with Gasteiger partial charge in [-0.25, -0.2) is 0 Å². The molecule has 0 saturated heterocycles. The first-order valence-electron chi connectivity index (χ1n) is 6.28. The Hall–Kier alpha value is -3.75. The van der Waals surface area contributed by atoms with Crippen molar-refractivity contribution in [3.8, 4) is 0 Å². The predicted molar refractivity (Wildman–Crippen MR) is 82.8 cm³/mol. The van der Waals surface area contributed by atoms with Crippen molar-refractivity contribution < 1.29 is 9.59 Å². The van der Waals surface area contributed by atoms with Crippen molar-refractivity contribution in [2.24, 2.45) is 0 Å². The lowest BCUT2D eigenvalue weighted by atomic mass is 10.2. The fourth-order valence-corrected chi connectivity index (χ4v) is 1.51. The van der Waals surface area contributed by atoms with Gasteiger partial charge in [0.1, 0.15) is 0 Å².